The Morgan fingerprint density at radius 1 is 1.07 bits per heavy atom. The molecule has 2 nitrogen and oxygen atoms in total. The first kappa shape index (κ1) is 18.6. The highest BCUT2D eigenvalue weighted by molar-refractivity contribution is 5.72. The molecule has 3 unspecified atom stereocenters. The lowest BCUT2D eigenvalue weighted by molar-refractivity contribution is -0.0498. The Hall–Kier alpha value is -1.41. The molecule has 2 saturated carbocycles. The van der Waals surface area contributed by atoms with Gasteiger partial charge in [-0.25, -0.2) is 0 Å². The molecule has 28 heavy (non-hydrogen) atoms. The predicted molar refractivity (Wildman–Crippen MR) is 114 cm³/mol. The van der Waals surface area contributed by atoms with Crippen LogP contribution in [0.1, 0.15) is 71.8 Å². The lowest BCUT2D eigenvalue weighted by Crippen LogP contribution is -2.52. The van der Waals surface area contributed by atoms with Crippen LogP contribution in [0.2, 0.25) is 0 Å². The van der Waals surface area contributed by atoms with Crippen molar-refractivity contribution in [1.29, 1.82) is 0 Å². The van der Waals surface area contributed by atoms with Gasteiger partial charge in [0.25, 0.3) is 0 Å². The molecule has 4 aliphatic rings. The standard InChI is InChI=1S/C26H35NO/c1-17-14-19-21-8-7-20(18-6-5-13-27-16-18)25(21,3)10-9-22(19)26(4)12-11-24(2,28)15-23(17)26/h5-7,13,15-17,19,21-22,28H,8-12,14H2,1-4H3/t17?,19?,21-,22-,24?,25+,26+/m0/s1. The normalized spacial score (nSPS) is 47.5. The molecule has 0 bridgehead atoms. The second-order valence-corrected chi connectivity index (χ2v) is 10.9. The number of aromatic nitrogens is 1. The zero-order valence-electron chi connectivity index (χ0n) is 17.9. The maximum atomic E-state index is 10.7. The van der Waals surface area contributed by atoms with Crippen LogP contribution in [0.4, 0.5) is 0 Å². The number of hydrogen-bond acceptors (Lipinski definition) is 2. The summed E-state index contributed by atoms with van der Waals surface area (Å²) in [5.41, 5.74) is 4.41. The van der Waals surface area contributed by atoms with Crippen LogP contribution in [-0.2, 0) is 0 Å². The number of fused-ring (bicyclic) bond motifs is 5. The zero-order chi connectivity index (χ0) is 19.7. The van der Waals surface area contributed by atoms with E-state index >= 15 is 0 Å². The Labute approximate surface area is 170 Å². The minimum Gasteiger partial charge on any atom is -0.386 e. The van der Waals surface area contributed by atoms with Crippen molar-refractivity contribution in [1.82, 2.24) is 4.98 Å². The van der Waals surface area contributed by atoms with Crippen LogP contribution in [0.15, 0.2) is 42.3 Å². The van der Waals surface area contributed by atoms with Crippen molar-refractivity contribution < 1.29 is 5.11 Å². The minimum absolute atomic E-state index is 0.281. The molecule has 1 heterocycles. The molecule has 0 amide bonds. The van der Waals surface area contributed by atoms with Gasteiger partial charge in [0.1, 0.15) is 0 Å². The third-order valence-electron chi connectivity index (χ3n) is 9.24. The van der Waals surface area contributed by atoms with E-state index in [9.17, 15) is 5.11 Å². The molecule has 1 aromatic heterocycles. The van der Waals surface area contributed by atoms with Gasteiger partial charge in [0.2, 0.25) is 0 Å². The molecule has 0 aromatic carbocycles. The van der Waals surface area contributed by atoms with Crippen LogP contribution in [0, 0.1) is 34.5 Å². The van der Waals surface area contributed by atoms with Crippen molar-refractivity contribution in [3.05, 3.63) is 47.8 Å². The summed E-state index contributed by atoms with van der Waals surface area (Å²) in [6.45, 7) is 9.47. The van der Waals surface area contributed by atoms with Gasteiger partial charge in [0, 0.05) is 12.4 Å². The van der Waals surface area contributed by atoms with Gasteiger partial charge in [-0.15, -0.1) is 0 Å². The molecular formula is C26H35NO. The van der Waals surface area contributed by atoms with Crippen molar-refractivity contribution in [2.75, 3.05) is 0 Å². The van der Waals surface area contributed by atoms with Crippen LogP contribution in [0.25, 0.3) is 5.57 Å². The summed E-state index contributed by atoms with van der Waals surface area (Å²) in [5.74, 6) is 2.91. The fourth-order valence-corrected chi connectivity index (χ4v) is 7.81. The first-order valence-electron chi connectivity index (χ1n) is 11.3. The molecule has 0 spiro atoms. The molecule has 5 rings (SSSR count). The third-order valence-corrected chi connectivity index (χ3v) is 9.24. The summed E-state index contributed by atoms with van der Waals surface area (Å²) in [6.07, 6.45) is 15.9. The first-order chi connectivity index (χ1) is 13.2. The Morgan fingerprint density at radius 2 is 1.89 bits per heavy atom. The highest BCUT2D eigenvalue weighted by Crippen LogP contribution is 2.67. The molecule has 7 atom stereocenters. The summed E-state index contributed by atoms with van der Waals surface area (Å²) < 4.78 is 0. The minimum atomic E-state index is -0.610. The molecular weight excluding hydrogens is 342 g/mol. The van der Waals surface area contributed by atoms with Gasteiger partial charge >= 0.3 is 0 Å². The van der Waals surface area contributed by atoms with Crippen molar-refractivity contribution in [2.45, 2.75) is 71.8 Å². The lowest BCUT2D eigenvalue weighted by atomic mass is 9.44. The van der Waals surface area contributed by atoms with Gasteiger partial charge in [-0.05, 0) is 97.2 Å². The molecule has 0 saturated heterocycles. The van der Waals surface area contributed by atoms with Crippen LogP contribution in [0.5, 0.6) is 0 Å². The number of nitrogens with zero attached hydrogens (tertiary/aromatic N) is 1. The number of rotatable bonds is 1. The summed E-state index contributed by atoms with van der Waals surface area (Å²) in [4.78, 5) is 4.40. The molecule has 0 radical (unpaired) electrons. The summed E-state index contributed by atoms with van der Waals surface area (Å²) in [6, 6.07) is 4.32. The Bertz CT molecular complexity index is 837. The average Bonchev–Trinajstić information content (AvgIpc) is 3.01. The van der Waals surface area contributed by atoms with E-state index in [2.05, 4.69) is 56.2 Å². The van der Waals surface area contributed by atoms with E-state index in [0.717, 1.165) is 30.6 Å². The van der Waals surface area contributed by atoms with Crippen molar-refractivity contribution >= 4 is 5.57 Å². The first-order valence-corrected chi connectivity index (χ1v) is 11.3. The van der Waals surface area contributed by atoms with E-state index in [4.69, 9.17) is 0 Å². The van der Waals surface area contributed by atoms with Crippen LogP contribution >= 0.6 is 0 Å². The molecule has 4 aliphatic carbocycles. The average molecular weight is 378 g/mol. The van der Waals surface area contributed by atoms with E-state index in [1.807, 2.05) is 13.1 Å². The number of aliphatic hydroxyl groups is 1. The molecule has 150 valence electrons. The fraction of sp³-hybridized carbons (Fsp3) is 0.654. The Balaban J connectivity index is 1.50. The maximum absolute atomic E-state index is 10.7. The van der Waals surface area contributed by atoms with Crippen LogP contribution in [0.3, 0.4) is 0 Å². The third kappa shape index (κ3) is 2.53. The van der Waals surface area contributed by atoms with Crippen molar-refractivity contribution in [3.63, 3.8) is 0 Å². The van der Waals surface area contributed by atoms with E-state index in [1.165, 1.54) is 31.2 Å². The highest BCUT2D eigenvalue weighted by Gasteiger charge is 2.58. The van der Waals surface area contributed by atoms with E-state index in [-0.39, 0.29) is 5.41 Å². The van der Waals surface area contributed by atoms with Crippen LogP contribution < -0.4 is 0 Å². The van der Waals surface area contributed by atoms with Crippen LogP contribution in [-0.4, -0.2) is 15.7 Å². The SMILES string of the molecule is CC1CC2[C@H](CC[C@]3(C)C(c4cccnc4)=CC[C@@H]23)[C@@]2(C)CCC(C)(O)C=C12. The van der Waals surface area contributed by atoms with E-state index in [0.29, 0.717) is 11.3 Å². The van der Waals surface area contributed by atoms with Gasteiger partial charge in [0.15, 0.2) is 0 Å². The number of hydrogen-bond donors (Lipinski definition) is 1. The Kier molecular flexibility index (Phi) is 4.02. The number of allylic oxidation sites excluding steroid dienone is 3. The van der Waals surface area contributed by atoms with Gasteiger partial charge in [-0.3, -0.25) is 4.98 Å². The fourth-order valence-electron chi connectivity index (χ4n) is 7.81. The van der Waals surface area contributed by atoms with Gasteiger partial charge in [-0.1, -0.05) is 44.6 Å². The number of pyridine rings is 1. The Morgan fingerprint density at radius 3 is 2.64 bits per heavy atom. The highest BCUT2D eigenvalue weighted by atomic mass is 16.3. The smallest absolute Gasteiger partial charge is 0.0802 e. The molecule has 2 fully saturated rings. The molecule has 1 aromatic rings. The molecule has 0 aliphatic heterocycles. The largest absolute Gasteiger partial charge is 0.386 e. The van der Waals surface area contributed by atoms with Gasteiger partial charge < -0.3 is 5.11 Å². The summed E-state index contributed by atoms with van der Waals surface area (Å²) in [5, 5.41) is 10.7. The topological polar surface area (TPSA) is 33.1 Å². The molecule has 1 N–H and O–H groups in total. The zero-order valence-corrected chi connectivity index (χ0v) is 17.9. The summed E-state index contributed by atoms with van der Waals surface area (Å²) in [7, 11) is 0. The second kappa shape index (κ2) is 6.05. The van der Waals surface area contributed by atoms with Gasteiger partial charge in [0.05, 0.1) is 5.60 Å². The van der Waals surface area contributed by atoms with E-state index in [1.54, 1.807) is 11.1 Å². The monoisotopic (exact) mass is 377 g/mol. The summed E-state index contributed by atoms with van der Waals surface area (Å²) >= 11 is 0. The lowest BCUT2D eigenvalue weighted by Gasteiger charge is -2.60. The van der Waals surface area contributed by atoms with Crippen molar-refractivity contribution in [2.24, 2.45) is 34.5 Å². The van der Waals surface area contributed by atoms with Gasteiger partial charge in [-0.2, -0.15) is 0 Å². The maximum Gasteiger partial charge on any atom is 0.0802 e. The van der Waals surface area contributed by atoms with E-state index < -0.39 is 5.60 Å². The predicted octanol–water partition coefficient (Wildman–Crippen LogP) is 6.03. The second-order valence-electron chi connectivity index (χ2n) is 10.9. The molecule has 2 heteroatoms. The van der Waals surface area contributed by atoms with Crippen molar-refractivity contribution in [3.8, 4) is 0 Å². The quantitative estimate of drug-likeness (QED) is 0.606.